The average Bonchev–Trinajstić information content (AvgIpc) is 1.69. The van der Waals surface area contributed by atoms with Gasteiger partial charge in [-0.05, 0) is 12.2 Å². The van der Waals surface area contributed by atoms with E-state index in [0.29, 0.717) is 0 Å². The monoisotopic (exact) mass is 95.0 g/mol. The highest BCUT2D eigenvalue weighted by Gasteiger charge is 1.81. The molecule has 1 rings (SSSR count). The van der Waals surface area contributed by atoms with Gasteiger partial charge in [-0.15, -0.1) is 5.73 Å². The van der Waals surface area contributed by atoms with E-state index < -0.39 is 0 Å². The van der Waals surface area contributed by atoms with Crippen LogP contribution in [0.3, 0.4) is 0 Å². The van der Waals surface area contributed by atoms with E-state index in [1.54, 1.807) is 12.2 Å². The van der Waals surface area contributed by atoms with Gasteiger partial charge >= 0.3 is 0 Å². The van der Waals surface area contributed by atoms with Crippen LogP contribution in [0.25, 0.3) is 0 Å². The quantitative estimate of drug-likeness (QED) is 0.451. The molecule has 0 spiro atoms. The minimum Gasteiger partial charge on any atom is -0.284 e. The lowest BCUT2D eigenvalue weighted by atomic mass is 10.5. The average molecular weight is 95.1 g/mol. The summed E-state index contributed by atoms with van der Waals surface area (Å²) >= 11 is 0. The predicted molar refractivity (Wildman–Crippen MR) is 25.4 cm³/mol. The lowest BCUT2D eigenvalue weighted by molar-refractivity contribution is 0.0112. The zero-order valence-electron chi connectivity index (χ0n) is 3.70. The number of allylic oxidation sites excluding steroid dienone is 2. The molecule has 0 unspecified atom stereocenters. The predicted octanol–water partition coefficient (Wildman–Crippen LogP) is 0.874. The van der Waals surface area contributed by atoms with Crippen LogP contribution in [-0.2, 0) is 0 Å². The molecular weight excluding hydrogens is 90.1 g/mol. The number of hydroxylamine groups is 2. The maximum absolute atomic E-state index is 8.52. The Balaban J connectivity index is 2.77. The van der Waals surface area contributed by atoms with E-state index in [-0.39, 0.29) is 0 Å². The molecule has 0 aromatic heterocycles. The molecule has 0 saturated heterocycles. The van der Waals surface area contributed by atoms with Gasteiger partial charge in [-0.2, -0.15) is 0 Å². The molecule has 1 aliphatic heterocycles. The van der Waals surface area contributed by atoms with E-state index in [1.807, 2.05) is 0 Å². The van der Waals surface area contributed by atoms with Crippen molar-refractivity contribution < 1.29 is 5.21 Å². The Bertz CT molecular complexity index is 142. The molecular formula is C5H5NO. The molecule has 0 saturated carbocycles. The summed E-state index contributed by atoms with van der Waals surface area (Å²) in [5.74, 6) is 0. The Morgan fingerprint density at radius 1 is 1.57 bits per heavy atom. The van der Waals surface area contributed by atoms with E-state index in [1.165, 1.54) is 12.4 Å². The highest BCUT2D eigenvalue weighted by Crippen LogP contribution is 1.88. The van der Waals surface area contributed by atoms with Crippen LogP contribution in [0.5, 0.6) is 0 Å². The van der Waals surface area contributed by atoms with Crippen LogP contribution >= 0.6 is 0 Å². The maximum Gasteiger partial charge on any atom is 0.0743 e. The van der Waals surface area contributed by atoms with Gasteiger partial charge in [0.25, 0.3) is 0 Å². The molecule has 0 radical (unpaired) electrons. The second-order valence-corrected chi connectivity index (χ2v) is 1.18. The molecule has 36 valence electrons. The van der Waals surface area contributed by atoms with E-state index in [2.05, 4.69) is 5.73 Å². The highest BCUT2D eigenvalue weighted by atomic mass is 16.5. The van der Waals surface area contributed by atoms with Crippen LogP contribution in [-0.4, -0.2) is 10.3 Å². The van der Waals surface area contributed by atoms with Gasteiger partial charge in [0.05, 0.1) is 6.20 Å². The standard InChI is InChI=1S/C5H5NO/c7-6-4-2-1-3-5-6/h1-2,4-5,7H. The first-order valence-electron chi connectivity index (χ1n) is 1.96. The number of nitrogens with zero attached hydrogens (tertiary/aromatic N) is 1. The fourth-order valence-corrected chi connectivity index (χ4v) is 0.349. The van der Waals surface area contributed by atoms with Gasteiger partial charge in [0, 0.05) is 6.20 Å². The summed E-state index contributed by atoms with van der Waals surface area (Å²) in [7, 11) is 0. The fraction of sp³-hybridized carbons (Fsp3) is 0. The summed E-state index contributed by atoms with van der Waals surface area (Å²) in [4.78, 5) is 0. The van der Waals surface area contributed by atoms with Crippen molar-refractivity contribution >= 4 is 0 Å². The van der Waals surface area contributed by atoms with E-state index in [9.17, 15) is 0 Å². The zero-order valence-corrected chi connectivity index (χ0v) is 3.70. The van der Waals surface area contributed by atoms with Gasteiger partial charge in [0.2, 0.25) is 0 Å². The Hall–Kier alpha value is -0.980. The van der Waals surface area contributed by atoms with Crippen LogP contribution < -0.4 is 0 Å². The van der Waals surface area contributed by atoms with Gasteiger partial charge in [-0.3, -0.25) is 5.21 Å². The number of hydrogen-bond acceptors (Lipinski definition) is 2. The van der Waals surface area contributed by atoms with Crippen molar-refractivity contribution in [2.75, 3.05) is 0 Å². The third-order valence-corrected chi connectivity index (χ3v) is 0.638. The highest BCUT2D eigenvalue weighted by molar-refractivity contribution is 5.06. The molecule has 0 amide bonds. The van der Waals surface area contributed by atoms with Crippen molar-refractivity contribution in [3.8, 4) is 0 Å². The molecule has 0 aromatic rings. The van der Waals surface area contributed by atoms with Crippen LogP contribution in [0, 0.1) is 0 Å². The SMILES string of the molecule is ON1C=C=CC=C1. The first-order valence-corrected chi connectivity index (χ1v) is 1.96. The largest absolute Gasteiger partial charge is 0.284 e. The number of rotatable bonds is 0. The molecule has 1 aliphatic rings. The molecule has 2 nitrogen and oxygen atoms in total. The molecule has 0 atom stereocenters. The van der Waals surface area contributed by atoms with E-state index in [0.717, 1.165) is 5.06 Å². The third-order valence-electron chi connectivity index (χ3n) is 0.638. The summed E-state index contributed by atoms with van der Waals surface area (Å²) in [5, 5.41) is 9.46. The van der Waals surface area contributed by atoms with Gasteiger partial charge in [0.1, 0.15) is 0 Å². The summed E-state index contributed by atoms with van der Waals surface area (Å²) in [6, 6.07) is 0. The van der Waals surface area contributed by atoms with Crippen molar-refractivity contribution in [1.82, 2.24) is 5.06 Å². The number of hydrogen-bond donors (Lipinski definition) is 1. The molecule has 2 heteroatoms. The molecule has 0 fully saturated rings. The molecule has 0 bridgehead atoms. The lowest BCUT2D eigenvalue weighted by Gasteiger charge is -2.01. The Labute approximate surface area is 41.6 Å². The first kappa shape index (κ1) is 4.19. The Kier molecular flexibility index (Phi) is 0.984. The summed E-state index contributed by atoms with van der Waals surface area (Å²) in [5.41, 5.74) is 2.67. The molecule has 1 N–H and O–H groups in total. The topological polar surface area (TPSA) is 23.5 Å². The lowest BCUT2D eigenvalue weighted by Crippen LogP contribution is -2.00. The van der Waals surface area contributed by atoms with Gasteiger partial charge in [-0.25, -0.2) is 5.06 Å². The molecule has 0 aromatic carbocycles. The second-order valence-electron chi connectivity index (χ2n) is 1.18. The first-order chi connectivity index (χ1) is 3.39. The van der Waals surface area contributed by atoms with E-state index >= 15 is 0 Å². The maximum atomic E-state index is 8.52. The summed E-state index contributed by atoms with van der Waals surface area (Å²) < 4.78 is 0. The summed E-state index contributed by atoms with van der Waals surface area (Å²) in [6.45, 7) is 0. The van der Waals surface area contributed by atoms with Crippen LogP contribution in [0.2, 0.25) is 0 Å². The molecule has 7 heavy (non-hydrogen) atoms. The van der Waals surface area contributed by atoms with Gasteiger partial charge in [-0.1, -0.05) is 0 Å². The Morgan fingerprint density at radius 2 is 2.43 bits per heavy atom. The minimum atomic E-state index is 0.944. The van der Waals surface area contributed by atoms with Crippen LogP contribution in [0.15, 0.2) is 30.3 Å². The molecule has 0 aliphatic carbocycles. The van der Waals surface area contributed by atoms with E-state index in [4.69, 9.17) is 5.21 Å². The second kappa shape index (κ2) is 1.65. The van der Waals surface area contributed by atoms with Crippen molar-refractivity contribution in [3.63, 3.8) is 0 Å². The normalized spacial score (nSPS) is 15.9. The van der Waals surface area contributed by atoms with Gasteiger partial charge in [0.15, 0.2) is 0 Å². The smallest absolute Gasteiger partial charge is 0.0743 e. The molecule has 1 heterocycles. The Morgan fingerprint density at radius 3 is 2.71 bits per heavy atom. The van der Waals surface area contributed by atoms with Gasteiger partial charge < -0.3 is 0 Å². The summed E-state index contributed by atoms with van der Waals surface area (Å²) in [6.07, 6.45) is 6.36. The third kappa shape index (κ3) is 0.929. The van der Waals surface area contributed by atoms with Crippen LogP contribution in [0.1, 0.15) is 0 Å². The zero-order chi connectivity index (χ0) is 5.11. The van der Waals surface area contributed by atoms with Crippen molar-refractivity contribution in [2.24, 2.45) is 0 Å². The van der Waals surface area contributed by atoms with Crippen molar-refractivity contribution in [1.29, 1.82) is 0 Å². The van der Waals surface area contributed by atoms with Crippen molar-refractivity contribution in [3.05, 3.63) is 30.3 Å². The fourth-order valence-electron chi connectivity index (χ4n) is 0.349. The van der Waals surface area contributed by atoms with Crippen LogP contribution in [0.4, 0.5) is 0 Å². The van der Waals surface area contributed by atoms with Crippen molar-refractivity contribution in [2.45, 2.75) is 0 Å². The minimum absolute atomic E-state index is 0.944.